The molecule has 0 fully saturated rings. The first kappa shape index (κ1) is 14.6. The zero-order valence-electron chi connectivity index (χ0n) is 12.4. The first-order valence-electron chi connectivity index (χ1n) is 7.70. The van der Waals surface area contributed by atoms with E-state index in [2.05, 4.69) is 67.6 Å². The van der Waals surface area contributed by atoms with Crippen molar-refractivity contribution in [2.45, 2.75) is 39.0 Å². The molecule has 2 aromatic rings. The van der Waals surface area contributed by atoms with Crippen LogP contribution in [0.3, 0.4) is 0 Å². The van der Waals surface area contributed by atoms with Crippen molar-refractivity contribution in [3.05, 3.63) is 71.3 Å². The molecule has 2 aromatic carbocycles. The Hall–Kier alpha value is -1.82. The van der Waals surface area contributed by atoms with Crippen LogP contribution in [-0.4, -0.2) is 0 Å². The van der Waals surface area contributed by atoms with Gasteiger partial charge in [-0.1, -0.05) is 92.9 Å². The van der Waals surface area contributed by atoms with E-state index in [1.165, 1.54) is 48.8 Å². The molecule has 0 aliphatic heterocycles. The van der Waals surface area contributed by atoms with Gasteiger partial charge in [0, 0.05) is 0 Å². The summed E-state index contributed by atoms with van der Waals surface area (Å²) in [5.74, 6) is 0. The van der Waals surface area contributed by atoms with E-state index in [-0.39, 0.29) is 0 Å². The Morgan fingerprint density at radius 1 is 0.750 bits per heavy atom. The average Bonchev–Trinajstić information content (AvgIpc) is 2.51. The highest BCUT2D eigenvalue weighted by molar-refractivity contribution is 5.69. The molecule has 0 heterocycles. The van der Waals surface area contributed by atoms with Crippen molar-refractivity contribution in [3.8, 4) is 0 Å². The predicted octanol–water partition coefficient (Wildman–Crippen LogP) is 5.98. The van der Waals surface area contributed by atoms with Gasteiger partial charge >= 0.3 is 0 Å². The molecule has 0 heteroatoms. The van der Waals surface area contributed by atoms with E-state index in [0.29, 0.717) is 0 Å². The van der Waals surface area contributed by atoms with E-state index < -0.39 is 0 Å². The van der Waals surface area contributed by atoms with Crippen molar-refractivity contribution in [3.63, 3.8) is 0 Å². The summed E-state index contributed by atoms with van der Waals surface area (Å²) < 4.78 is 0. The molecule has 0 saturated heterocycles. The van der Waals surface area contributed by atoms with Gasteiger partial charge in [-0.05, 0) is 29.5 Å². The minimum absolute atomic E-state index is 1.20. The van der Waals surface area contributed by atoms with Gasteiger partial charge in [-0.3, -0.25) is 0 Å². The second-order valence-electron chi connectivity index (χ2n) is 5.30. The first-order chi connectivity index (χ1) is 9.88. The number of hydrogen-bond donors (Lipinski definition) is 0. The second kappa shape index (κ2) is 8.37. The summed E-state index contributed by atoms with van der Waals surface area (Å²) in [4.78, 5) is 0. The van der Waals surface area contributed by atoms with Gasteiger partial charge in [-0.2, -0.15) is 0 Å². The molecular formula is C20H24. The summed E-state index contributed by atoms with van der Waals surface area (Å²) in [7, 11) is 0. The summed E-state index contributed by atoms with van der Waals surface area (Å²) in [6.45, 7) is 2.26. The minimum Gasteiger partial charge on any atom is -0.0654 e. The molecule has 0 radical (unpaired) electrons. The van der Waals surface area contributed by atoms with Crippen molar-refractivity contribution < 1.29 is 0 Å². The molecule has 0 nitrogen and oxygen atoms in total. The van der Waals surface area contributed by atoms with Crippen LogP contribution in [0.5, 0.6) is 0 Å². The fourth-order valence-corrected chi connectivity index (χ4v) is 2.36. The molecule has 0 amide bonds. The van der Waals surface area contributed by atoms with E-state index in [4.69, 9.17) is 0 Å². The van der Waals surface area contributed by atoms with Crippen molar-refractivity contribution in [2.24, 2.45) is 0 Å². The van der Waals surface area contributed by atoms with Crippen LogP contribution in [-0.2, 0) is 6.42 Å². The van der Waals surface area contributed by atoms with Crippen molar-refractivity contribution >= 4 is 12.2 Å². The number of rotatable bonds is 7. The third-order valence-electron chi connectivity index (χ3n) is 3.54. The Morgan fingerprint density at radius 2 is 1.50 bits per heavy atom. The number of benzene rings is 2. The van der Waals surface area contributed by atoms with Gasteiger partial charge in [0.05, 0.1) is 0 Å². The van der Waals surface area contributed by atoms with Crippen LogP contribution in [0.15, 0.2) is 54.6 Å². The normalized spacial score (nSPS) is 11.1. The van der Waals surface area contributed by atoms with Crippen LogP contribution in [0.1, 0.15) is 49.3 Å². The fourth-order valence-electron chi connectivity index (χ4n) is 2.36. The summed E-state index contributed by atoms with van der Waals surface area (Å²) in [6, 6.07) is 19.4. The highest BCUT2D eigenvalue weighted by Gasteiger charge is 1.95. The highest BCUT2D eigenvalue weighted by Crippen LogP contribution is 2.13. The zero-order valence-corrected chi connectivity index (χ0v) is 12.4. The van der Waals surface area contributed by atoms with Gasteiger partial charge in [0.2, 0.25) is 0 Å². The van der Waals surface area contributed by atoms with Gasteiger partial charge < -0.3 is 0 Å². The van der Waals surface area contributed by atoms with Crippen molar-refractivity contribution in [2.75, 3.05) is 0 Å². The lowest BCUT2D eigenvalue weighted by Gasteiger charge is -2.02. The standard InChI is InChI=1S/C20H24/c1-2-3-4-6-12-19-13-9-14-20(17-19)16-15-18-10-7-5-8-11-18/h5,7-11,13-17H,2-4,6,12H2,1H3. The molecule has 0 aromatic heterocycles. The summed E-state index contributed by atoms with van der Waals surface area (Å²) in [5, 5.41) is 0. The summed E-state index contributed by atoms with van der Waals surface area (Å²) >= 11 is 0. The highest BCUT2D eigenvalue weighted by atomic mass is 14.0. The lowest BCUT2D eigenvalue weighted by Crippen LogP contribution is -1.86. The third-order valence-corrected chi connectivity index (χ3v) is 3.54. The maximum absolute atomic E-state index is 2.31. The number of aryl methyl sites for hydroxylation is 1. The smallest absolute Gasteiger partial charge is 0.0254 e. The molecule has 20 heavy (non-hydrogen) atoms. The molecule has 2 rings (SSSR count). The molecule has 0 N–H and O–H groups in total. The quantitative estimate of drug-likeness (QED) is 0.426. The largest absolute Gasteiger partial charge is 0.0654 e. The monoisotopic (exact) mass is 264 g/mol. The van der Waals surface area contributed by atoms with Crippen molar-refractivity contribution in [1.82, 2.24) is 0 Å². The molecule has 0 aliphatic carbocycles. The Morgan fingerprint density at radius 3 is 2.30 bits per heavy atom. The van der Waals surface area contributed by atoms with Crippen LogP contribution >= 0.6 is 0 Å². The average molecular weight is 264 g/mol. The molecule has 0 spiro atoms. The molecular weight excluding hydrogens is 240 g/mol. The van der Waals surface area contributed by atoms with E-state index in [1.54, 1.807) is 0 Å². The molecule has 0 bridgehead atoms. The van der Waals surface area contributed by atoms with E-state index >= 15 is 0 Å². The predicted molar refractivity (Wildman–Crippen MR) is 89.7 cm³/mol. The number of hydrogen-bond acceptors (Lipinski definition) is 0. The third kappa shape index (κ3) is 5.05. The van der Waals surface area contributed by atoms with Gasteiger partial charge in [-0.25, -0.2) is 0 Å². The lowest BCUT2D eigenvalue weighted by molar-refractivity contribution is 0.667. The Balaban J connectivity index is 1.94. The van der Waals surface area contributed by atoms with Crippen LogP contribution < -0.4 is 0 Å². The molecule has 0 unspecified atom stereocenters. The number of unbranched alkanes of at least 4 members (excludes halogenated alkanes) is 3. The van der Waals surface area contributed by atoms with Crippen LogP contribution in [0.25, 0.3) is 12.2 Å². The van der Waals surface area contributed by atoms with Crippen molar-refractivity contribution in [1.29, 1.82) is 0 Å². The molecule has 104 valence electrons. The Bertz CT molecular complexity index is 523. The lowest BCUT2D eigenvalue weighted by atomic mass is 10.0. The molecule has 0 saturated carbocycles. The zero-order chi connectivity index (χ0) is 14.0. The summed E-state index contributed by atoms with van der Waals surface area (Å²) in [5.41, 5.74) is 4.00. The maximum atomic E-state index is 2.31. The topological polar surface area (TPSA) is 0 Å². The van der Waals surface area contributed by atoms with E-state index in [0.717, 1.165) is 0 Å². The Kier molecular flexibility index (Phi) is 6.10. The molecule has 0 atom stereocenters. The summed E-state index contributed by atoms with van der Waals surface area (Å²) in [6.07, 6.45) is 10.9. The minimum atomic E-state index is 1.20. The molecule has 0 aliphatic rings. The van der Waals surface area contributed by atoms with Gasteiger partial charge in [-0.15, -0.1) is 0 Å². The van der Waals surface area contributed by atoms with Crippen LogP contribution in [0.4, 0.5) is 0 Å². The van der Waals surface area contributed by atoms with Crippen LogP contribution in [0.2, 0.25) is 0 Å². The first-order valence-corrected chi connectivity index (χ1v) is 7.70. The fraction of sp³-hybridized carbons (Fsp3) is 0.300. The van der Waals surface area contributed by atoms with Gasteiger partial charge in [0.25, 0.3) is 0 Å². The van der Waals surface area contributed by atoms with E-state index in [9.17, 15) is 0 Å². The van der Waals surface area contributed by atoms with Gasteiger partial charge in [0.15, 0.2) is 0 Å². The second-order valence-corrected chi connectivity index (χ2v) is 5.30. The van der Waals surface area contributed by atoms with Gasteiger partial charge in [0.1, 0.15) is 0 Å². The van der Waals surface area contributed by atoms with Crippen LogP contribution in [0, 0.1) is 0 Å². The maximum Gasteiger partial charge on any atom is -0.0254 e. The van der Waals surface area contributed by atoms with E-state index in [1.807, 2.05) is 6.07 Å². The Labute approximate surface area is 123 Å². The SMILES string of the molecule is CCCCCCc1cccc(C=Cc2ccccc2)c1.